The summed E-state index contributed by atoms with van der Waals surface area (Å²) >= 11 is 0. The van der Waals surface area contributed by atoms with Crippen molar-refractivity contribution in [3.05, 3.63) is 59.9 Å². The SMILES string of the molecule is CCCCCC(=O)N(CCN(C)C)Cc1ccc(OS(=O)(=O)c2ccc(F)cc2)cc1. The van der Waals surface area contributed by atoms with Crippen molar-refractivity contribution in [1.29, 1.82) is 0 Å². The van der Waals surface area contributed by atoms with Crippen LogP contribution < -0.4 is 4.18 Å². The minimum absolute atomic E-state index is 0.120. The average molecular weight is 451 g/mol. The Morgan fingerprint density at radius 1 is 0.968 bits per heavy atom. The highest BCUT2D eigenvalue weighted by molar-refractivity contribution is 7.87. The molecule has 2 aromatic rings. The van der Waals surface area contributed by atoms with Gasteiger partial charge in [-0.2, -0.15) is 8.42 Å². The van der Waals surface area contributed by atoms with Gasteiger partial charge in [0.15, 0.2) is 0 Å². The highest BCUT2D eigenvalue weighted by Crippen LogP contribution is 2.20. The van der Waals surface area contributed by atoms with E-state index in [-0.39, 0.29) is 16.6 Å². The summed E-state index contributed by atoms with van der Waals surface area (Å²) in [6, 6.07) is 11.1. The van der Waals surface area contributed by atoms with Gasteiger partial charge in [0.2, 0.25) is 5.91 Å². The third-order valence-electron chi connectivity index (χ3n) is 4.77. The van der Waals surface area contributed by atoms with Crippen molar-refractivity contribution in [1.82, 2.24) is 9.80 Å². The molecule has 170 valence electrons. The lowest BCUT2D eigenvalue weighted by atomic mass is 10.1. The van der Waals surface area contributed by atoms with Crippen molar-refractivity contribution in [2.24, 2.45) is 0 Å². The van der Waals surface area contributed by atoms with Crippen molar-refractivity contribution in [2.75, 3.05) is 27.2 Å². The van der Waals surface area contributed by atoms with E-state index in [1.54, 1.807) is 24.3 Å². The number of nitrogens with zero attached hydrogens (tertiary/aromatic N) is 2. The van der Waals surface area contributed by atoms with Crippen LogP contribution in [-0.2, 0) is 21.5 Å². The molecule has 0 radical (unpaired) electrons. The molecule has 8 heteroatoms. The molecule has 2 rings (SSSR count). The summed E-state index contributed by atoms with van der Waals surface area (Å²) in [6.45, 7) is 3.93. The largest absolute Gasteiger partial charge is 0.379 e. The van der Waals surface area contributed by atoms with E-state index in [4.69, 9.17) is 4.18 Å². The minimum Gasteiger partial charge on any atom is -0.379 e. The van der Waals surface area contributed by atoms with Gasteiger partial charge in [-0.15, -0.1) is 0 Å². The second-order valence-corrected chi connectivity index (χ2v) is 9.26. The molecule has 6 nitrogen and oxygen atoms in total. The third kappa shape index (κ3) is 8.30. The molecule has 0 aliphatic carbocycles. The first-order valence-corrected chi connectivity index (χ1v) is 11.8. The molecule has 1 amide bonds. The number of carbonyl (C=O) groups excluding carboxylic acids is 1. The maximum atomic E-state index is 13.0. The summed E-state index contributed by atoms with van der Waals surface area (Å²) < 4.78 is 42.8. The number of halogens is 1. The molecule has 0 aromatic heterocycles. The first kappa shape index (κ1) is 24.8. The normalized spacial score (nSPS) is 11.5. The maximum Gasteiger partial charge on any atom is 0.339 e. The number of likely N-dealkylation sites (N-methyl/N-ethyl adjacent to an activating group) is 1. The van der Waals surface area contributed by atoms with Gasteiger partial charge in [0, 0.05) is 26.1 Å². The topological polar surface area (TPSA) is 66.9 Å². The van der Waals surface area contributed by atoms with Crippen LogP contribution in [0.25, 0.3) is 0 Å². The fourth-order valence-corrected chi connectivity index (χ4v) is 3.87. The van der Waals surface area contributed by atoms with Crippen LogP contribution in [0.4, 0.5) is 4.39 Å². The third-order valence-corrected chi connectivity index (χ3v) is 6.03. The number of carbonyl (C=O) groups is 1. The average Bonchev–Trinajstić information content (AvgIpc) is 2.72. The van der Waals surface area contributed by atoms with Crippen LogP contribution in [0.3, 0.4) is 0 Å². The van der Waals surface area contributed by atoms with Gasteiger partial charge >= 0.3 is 10.1 Å². The standard InChI is InChI=1S/C23H31FN2O4S/c1-4-5-6-7-23(27)26(17-16-25(2)3)18-19-8-12-21(13-9-19)30-31(28,29)22-14-10-20(24)11-15-22/h8-15H,4-7,16-18H2,1-3H3. The molecular formula is C23H31FN2O4S. The first-order chi connectivity index (χ1) is 14.7. The number of hydrogen-bond donors (Lipinski definition) is 0. The van der Waals surface area contributed by atoms with Crippen molar-refractivity contribution >= 4 is 16.0 Å². The van der Waals surface area contributed by atoms with Crippen molar-refractivity contribution in [3.8, 4) is 5.75 Å². The molecule has 0 spiro atoms. The van der Waals surface area contributed by atoms with Gasteiger partial charge in [-0.05, 0) is 62.5 Å². The predicted octanol–water partition coefficient (Wildman–Crippen LogP) is 4.06. The molecule has 0 saturated heterocycles. The number of hydrogen-bond acceptors (Lipinski definition) is 5. The summed E-state index contributed by atoms with van der Waals surface area (Å²) in [6.07, 6.45) is 3.50. The zero-order chi connectivity index (χ0) is 22.9. The van der Waals surface area contributed by atoms with Crippen molar-refractivity contribution in [2.45, 2.75) is 44.0 Å². The van der Waals surface area contributed by atoms with E-state index < -0.39 is 15.9 Å². The highest BCUT2D eigenvalue weighted by atomic mass is 32.2. The Balaban J connectivity index is 2.05. The summed E-state index contributed by atoms with van der Waals surface area (Å²) in [5.41, 5.74) is 0.883. The second kappa shape index (κ2) is 11.8. The quantitative estimate of drug-likeness (QED) is 0.360. The number of amides is 1. The lowest BCUT2D eigenvalue weighted by molar-refractivity contribution is -0.132. The Labute approximate surface area is 184 Å². The monoisotopic (exact) mass is 450 g/mol. The first-order valence-electron chi connectivity index (χ1n) is 10.4. The van der Waals surface area contributed by atoms with Crippen LogP contribution in [0.1, 0.15) is 38.2 Å². The fraction of sp³-hybridized carbons (Fsp3) is 0.435. The van der Waals surface area contributed by atoms with Crippen molar-refractivity contribution in [3.63, 3.8) is 0 Å². The highest BCUT2D eigenvalue weighted by Gasteiger charge is 2.17. The fourth-order valence-electron chi connectivity index (χ4n) is 2.94. The van der Waals surface area contributed by atoms with Gasteiger partial charge in [-0.25, -0.2) is 4.39 Å². The van der Waals surface area contributed by atoms with E-state index in [9.17, 15) is 17.6 Å². The van der Waals surface area contributed by atoms with Gasteiger partial charge in [0.05, 0.1) is 0 Å². The van der Waals surface area contributed by atoms with Gasteiger partial charge in [-0.1, -0.05) is 31.9 Å². The minimum atomic E-state index is -4.05. The lowest BCUT2D eigenvalue weighted by Gasteiger charge is -2.25. The number of unbranched alkanes of at least 4 members (excludes halogenated alkanes) is 2. The van der Waals surface area contributed by atoms with Crippen LogP contribution in [0.5, 0.6) is 5.75 Å². The van der Waals surface area contributed by atoms with Crippen molar-refractivity contribution < 1.29 is 21.8 Å². The zero-order valence-corrected chi connectivity index (χ0v) is 19.2. The Morgan fingerprint density at radius 3 is 2.19 bits per heavy atom. The van der Waals surface area contributed by atoms with E-state index in [1.165, 1.54) is 0 Å². The van der Waals surface area contributed by atoms with E-state index in [2.05, 4.69) is 6.92 Å². The smallest absolute Gasteiger partial charge is 0.339 e. The number of rotatable bonds is 12. The van der Waals surface area contributed by atoms with E-state index in [0.717, 1.165) is 55.6 Å². The van der Waals surface area contributed by atoms with Crippen LogP contribution in [0, 0.1) is 5.82 Å². The molecular weight excluding hydrogens is 419 g/mol. The second-order valence-electron chi connectivity index (χ2n) is 7.71. The van der Waals surface area contributed by atoms with Gasteiger partial charge in [0.1, 0.15) is 16.5 Å². The lowest BCUT2D eigenvalue weighted by Crippen LogP contribution is -2.36. The molecule has 0 N–H and O–H groups in total. The van der Waals surface area contributed by atoms with Gasteiger partial charge in [-0.3, -0.25) is 4.79 Å². The van der Waals surface area contributed by atoms with Gasteiger partial charge in [0.25, 0.3) is 0 Å². The molecule has 0 bridgehead atoms. The molecule has 0 fully saturated rings. The van der Waals surface area contributed by atoms with E-state index in [0.29, 0.717) is 19.5 Å². The Morgan fingerprint density at radius 2 is 1.61 bits per heavy atom. The Bertz CT molecular complexity index is 929. The molecule has 0 atom stereocenters. The summed E-state index contributed by atoms with van der Waals surface area (Å²) in [5.74, 6) is -0.247. The molecule has 2 aromatic carbocycles. The van der Waals surface area contributed by atoms with E-state index in [1.807, 2.05) is 23.9 Å². The Hall–Kier alpha value is -2.45. The maximum absolute atomic E-state index is 13.0. The number of benzene rings is 2. The van der Waals surface area contributed by atoms with Crippen LogP contribution in [0.2, 0.25) is 0 Å². The molecule has 0 aliphatic rings. The molecule has 0 heterocycles. The summed E-state index contributed by atoms with van der Waals surface area (Å²) in [4.78, 5) is 16.4. The predicted molar refractivity (Wildman–Crippen MR) is 119 cm³/mol. The zero-order valence-electron chi connectivity index (χ0n) is 18.4. The van der Waals surface area contributed by atoms with Crippen LogP contribution in [-0.4, -0.2) is 51.3 Å². The molecule has 31 heavy (non-hydrogen) atoms. The molecule has 0 unspecified atom stereocenters. The Kier molecular flexibility index (Phi) is 9.45. The summed E-state index contributed by atoms with van der Waals surface area (Å²) in [7, 11) is -0.116. The molecule has 0 aliphatic heterocycles. The summed E-state index contributed by atoms with van der Waals surface area (Å²) in [5, 5.41) is 0. The van der Waals surface area contributed by atoms with Gasteiger partial charge < -0.3 is 14.0 Å². The van der Waals surface area contributed by atoms with E-state index >= 15 is 0 Å². The van der Waals surface area contributed by atoms with Crippen LogP contribution in [0.15, 0.2) is 53.4 Å². The molecule has 0 saturated carbocycles. The van der Waals surface area contributed by atoms with Crippen LogP contribution >= 0.6 is 0 Å².